The molecular weight excluding hydrogens is 674 g/mol. The third kappa shape index (κ3) is 6.61. The number of fused-ring (bicyclic) bond motifs is 3. The van der Waals surface area contributed by atoms with Gasteiger partial charge in [-0.3, -0.25) is 14.5 Å². The van der Waals surface area contributed by atoms with Crippen LogP contribution in [0.2, 0.25) is 23.7 Å². The molecule has 3 aromatic rings. The van der Waals surface area contributed by atoms with Crippen LogP contribution in [0.15, 0.2) is 60.7 Å². The largest absolute Gasteiger partial charge is 0.494 e. The van der Waals surface area contributed by atoms with Gasteiger partial charge >= 0.3 is 0 Å². The van der Waals surface area contributed by atoms with Gasteiger partial charge in [-0.2, -0.15) is 0 Å². The number of anilines is 3. The summed E-state index contributed by atoms with van der Waals surface area (Å²) in [7, 11) is -2.83. The number of carbonyl (C=O) groups excluding carboxylic acids is 2. The molecule has 3 aliphatic heterocycles. The molecule has 4 N–H and O–H groups in total. The topological polar surface area (TPSA) is 132 Å². The van der Waals surface area contributed by atoms with E-state index in [0.29, 0.717) is 54.4 Å². The summed E-state index contributed by atoms with van der Waals surface area (Å²) in [6.45, 7) is 8.95. The Hall–Kier alpha value is -3.29. The number of nitrogens with one attached hydrogen (secondary N) is 1. The van der Waals surface area contributed by atoms with Crippen molar-refractivity contribution in [3.63, 3.8) is 0 Å². The number of unbranched alkanes of at least 4 members (excludes halogenated alkanes) is 1. The number of nitrogens with zero attached hydrogens (tertiary/aromatic N) is 2. The molecule has 1 spiro atoms. The lowest BCUT2D eigenvalue weighted by molar-refractivity contribution is -0.146. The lowest BCUT2D eigenvalue weighted by atomic mass is 9.82. The maximum absolute atomic E-state index is 14.7. The number of halogens is 1. The molecule has 12 heteroatoms. The number of amides is 2. The average molecular weight is 722 g/mol. The predicted octanol–water partition coefficient (Wildman–Crippen LogP) is 5.42. The summed E-state index contributed by atoms with van der Waals surface area (Å²) in [5.74, 6) is 0.0700. The van der Waals surface area contributed by atoms with Crippen LogP contribution in [-0.4, -0.2) is 73.7 Å². The monoisotopic (exact) mass is 721 g/mol. The maximum atomic E-state index is 14.7. The van der Waals surface area contributed by atoms with Gasteiger partial charge in [-0.15, -0.1) is 0 Å². The molecule has 3 heterocycles. The van der Waals surface area contributed by atoms with Gasteiger partial charge in [0.1, 0.15) is 5.75 Å². The Balaban J connectivity index is 1.35. The zero-order chi connectivity index (χ0) is 35.8. The minimum Gasteiger partial charge on any atom is -0.494 e. The van der Waals surface area contributed by atoms with Crippen LogP contribution in [-0.2, 0) is 32.9 Å². The number of carbonyl (C=O) groups is 2. The van der Waals surface area contributed by atoms with Crippen molar-refractivity contribution in [2.24, 2.45) is 5.92 Å². The minimum atomic E-state index is -2.83. The number of hydrogen-bond acceptors (Lipinski definition) is 8. The summed E-state index contributed by atoms with van der Waals surface area (Å²) in [6, 6.07) is 18.4. The Morgan fingerprint density at radius 3 is 2.54 bits per heavy atom. The second-order valence-electron chi connectivity index (χ2n) is 14.1. The Morgan fingerprint density at radius 2 is 1.82 bits per heavy atom. The number of aliphatic hydroxyl groups excluding tert-OH is 2. The average Bonchev–Trinajstić information content (AvgIpc) is 3.49. The quantitative estimate of drug-likeness (QED) is 0.136. The highest BCUT2D eigenvalue weighted by Gasteiger charge is 2.66. The molecule has 0 aliphatic carbocycles. The molecule has 3 aliphatic rings. The van der Waals surface area contributed by atoms with E-state index in [-0.39, 0.29) is 43.0 Å². The normalized spacial score (nSPS) is 24.6. The van der Waals surface area contributed by atoms with Crippen LogP contribution in [0, 0.1) is 5.92 Å². The minimum absolute atomic E-state index is 0.0797. The van der Waals surface area contributed by atoms with Crippen molar-refractivity contribution in [2.75, 3.05) is 36.2 Å². The summed E-state index contributed by atoms with van der Waals surface area (Å²) >= 11 is 6.53. The molecule has 0 radical (unpaired) electrons. The Kier molecular flexibility index (Phi) is 10.8. The highest BCUT2D eigenvalue weighted by molar-refractivity contribution is 6.71. The van der Waals surface area contributed by atoms with Gasteiger partial charge in [0, 0.05) is 40.9 Å². The van der Waals surface area contributed by atoms with Gasteiger partial charge in [0.2, 0.25) is 5.91 Å². The summed E-state index contributed by atoms with van der Waals surface area (Å²) < 4.78 is 12.5. The van der Waals surface area contributed by atoms with Gasteiger partial charge in [0.15, 0.2) is 13.9 Å². The molecule has 1 saturated heterocycles. The van der Waals surface area contributed by atoms with E-state index in [0.717, 1.165) is 29.0 Å². The first-order valence-corrected chi connectivity index (χ1v) is 21.0. The third-order valence-corrected chi connectivity index (χ3v) is 13.1. The van der Waals surface area contributed by atoms with E-state index < -0.39 is 26.1 Å². The molecule has 5 atom stereocenters. The zero-order valence-corrected chi connectivity index (χ0v) is 30.9. The summed E-state index contributed by atoms with van der Waals surface area (Å²) in [4.78, 5) is 43.7. The van der Waals surface area contributed by atoms with Crippen molar-refractivity contribution in [2.45, 2.75) is 82.5 Å². The number of ether oxygens (including phenoxy) is 2. The second-order valence-corrected chi connectivity index (χ2v) is 18.5. The fourth-order valence-corrected chi connectivity index (χ4v) is 11.1. The standard InChI is InChI=1S/C38H48ClN3O7Si/c1-5-48-29-12-14-32-26(20-29)21-31(40-16-6-7-17-43)36(45)42(32)28-10-8-9-25(19-28)23-41-33-13-11-27(39)22-30(33)38(37(41)46)24(2)35(50(3,4)47)34(49-38)15-18-44/h8-14,19-20,22,24,31,34-35,40,43-44,47H,5-7,15-18,21,23H2,1-4H3/t24-,31?,34+,35-,38+/m1/s1. The summed E-state index contributed by atoms with van der Waals surface area (Å²) in [5, 5.41) is 23.0. The molecule has 50 heavy (non-hydrogen) atoms. The number of rotatable bonds is 13. The van der Waals surface area contributed by atoms with Crippen LogP contribution >= 0.6 is 11.6 Å². The molecule has 2 amide bonds. The molecule has 1 fully saturated rings. The van der Waals surface area contributed by atoms with Crippen molar-refractivity contribution in [3.05, 3.63) is 82.4 Å². The first-order valence-electron chi connectivity index (χ1n) is 17.6. The maximum Gasteiger partial charge on any atom is 0.264 e. The molecule has 268 valence electrons. The number of hydrogen-bond donors (Lipinski definition) is 4. The number of benzene rings is 3. The Bertz CT molecular complexity index is 1730. The number of aliphatic hydroxyl groups is 2. The van der Waals surface area contributed by atoms with Crippen LogP contribution < -0.4 is 19.9 Å². The molecule has 3 aromatic carbocycles. The zero-order valence-electron chi connectivity index (χ0n) is 29.2. The van der Waals surface area contributed by atoms with Gasteiger partial charge in [-0.25, -0.2) is 0 Å². The summed E-state index contributed by atoms with van der Waals surface area (Å²) in [6.07, 6.45) is 1.75. The lowest BCUT2D eigenvalue weighted by Gasteiger charge is -2.35. The van der Waals surface area contributed by atoms with Crippen molar-refractivity contribution >= 4 is 48.8 Å². The highest BCUT2D eigenvalue weighted by atomic mass is 35.5. The van der Waals surface area contributed by atoms with Gasteiger partial charge in [0.25, 0.3) is 5.91 Å². The molecule has 10 nitrogen and oxygen atoms in total. The molecule has 0 aromatic heterocycles. The van der Waals surface area contributed by atoms with Crippen LogP contribution in [0.3, 0.4) is 0 Å². The fraction of sp³-hybridized carbons (Fsp3) is 0.474. The molecule has 0 bridgehead atoms. The van der Waals surface area contributed by atoms with Crippen molar-refractivity contribution in [1.29, 1.82) is 0 Å². The molecular formula is C38H48ClN3O7Si. The summed E-state index contributed by atoms with van der Waals surface area (Å²) in [5.41, 5.74) is 2.98. The van der Waals surface area contributed by atoms with Gasteiger partial charge < -0.3 is 34.7 Å². The van der Waals surface area contributed by atoms with E-state index in [4.69, 9.17) is 21.1 Å². The van der Waals surface area contributed by atoms with Crippen LogP contribution in [0.25, 0.3) is 0 Å². The fourth-order valence-electron chi connectivity index (χ4n) is 8.30. The molecule has 1 unspecified atom stereocenters. The van der Waals surface area contributed by atoms with Gasteiger partial charge in [0.05, 0.1) is 36.7 Å². The van der Waals surface area contributed by atoms with E-state index in [1.807, 2.05) is 75.5 Å². The van der Waals surface area contributed by atoms with Crippen LogP contribution in [0.5, 0.6) is 5.75 Å². The van der Waals surface area contributed by atoms with E-state index in [2.05, 4.69) is 5.32 Å². The Morgan fingerprint density at radius 1 is 1.04 bits per heavy atom. The van der Waals surface area contributed by atoms with E-state index in [9.17, 15) is 24.6 Å². The van der Waals surface area contributed by atoms with Crippen LogP contribution in [0.1, 0.15) is 49.8 Å². The molecule has 6 rings (SSSR count). The van der Waals surface area contributed by atoms with Gasteiger partial charge in [-0.1, -0.05) is 30.7 Å². The molecule has 0 saturated carbocycles. The second kappa shape index (κ2) is 14.7. The van der Waals surface area contributed by atoms with E-state index >= 15 is 0 Å². The third-order valence-electron chi connectivity index (χ3n) is 10.4. The Labute approximate surface area is 300 Å². The first kappa shape index (κ1) is 36.5. The SMILES string of the molecule is CCOc1ccc2c(c1)CC(NCCCCO)C(=O)N2c1cccc(CN2C(=O)[C@@]3(O[C@@H](CCO)[C@H]([Si](C)(C)O)[C@H]3C)c3cc(Cl)ccc32)c1. The smallest absolute Gasteiger partial charge is 0.264 e. The van der Waals surface area contributed by atoms with Gasteiger partial charge in [-0.05, 0) is 112 Å². The van der Waals surface area contributed by atoms with Crippen molar-refractivity contribution in [3.8, 4) is 5.75 Å². The predicted molar refractivity (Wildman–Crippen MR) is 197 cm³/mol. The van der Waals surface area contributed by atoms with E-state index in [1.54, 1.807) is 21.9 Å². The highest BCUT2D eigenvalue weighted by Crippen LogP contribution is 2.60. The van der Waals surface area contributed by atoms with Crippen molar-refractivity contribution in [1.82, 2.24) is 5.32 Å². The van der Waals surface area contributed by atoms with E-state index in [1.165, 1.54) is 0 Å². The first-order chi connectivity index (χ1) is 23.9. The van der Waals surface area contributed by atoms with Crippen LogP contribution in [0.4, 0.5) is 17.1 Å². The van der Waals surface area contributed by atoms with Crippen molar-refractivity contribution < 1.29 is 34.1 Å². The lowest BCUT2D eigenvalue weighted by Crippen LogP contribution is -2.49.